The molecule has 1 aromatic rings. The van der Waals surface area contributed by atoms with Crippen LogP contribution in [0.2, 0.25) is 0 Å². The van der Waals surface area contributed by atoms with Crippen molar-refractivity contribution in [2.45, 2.75) is 51.8 Å². The van der Waals surface area contributed by atoms with Crippen LogP contribution in [0.4, 0.5) is 0 Å². The highest BCUT2D eigenvalue weighted by atomic mass is 79.9. The van der Waals surface area contributed by atoms with Crippen molar-refractivity contribution < 1.29 is 9.53 Å². The van der Waals surface area contributed by atoms with E-state index in [1.54, 1.807) is 0 Å². The molecule has 1 aromatic carbocycles. The van der Waals surface area contributed by atoms with Crippen molar-refractivity contribution in [3.8, 4) is 0 Å². The Morgan fingerprint density at radius 1 is 1.40 bits per heavy atom. The Labute approximate surface area is 129 Å². The summed E-state index contributed by atoms with van der Waals surface area (Å²) >= 11 is 3.57. The fourth-order valence-electron chi connectivity index (χ4n) is 2.50. The fourth-order valence-corrected chi connectivity index (χ4v) is 2.91. The van der Waals surface area contributed by atoms with Gasteiger partial charge in [-0.2, -0.15) is 0 Å². The zero-order chi connectivity index (χ0) is 14.8. The van der Waals surface area contributed by atoms with Crippen molar-refractivity contribution in [2.24, 2.45) is 0 Å². The SMILES string of the molecule is CC(C)(C)OC(=O)[C@H]1CCCN1Cc1ccccc1Br. The van der Waals surface area contributed by atoms with E-state index in [4.69, 9.17) is 4.74 Å². The summed E-state index contributed by atoms with van der Waals surface area (Å²) < 4.78 is 6.62. The monoisotopic (exact) mass is 339 g/mol. The first-order valence-electron chi connectivity index (χ1n) is 7.07. The maximum Gasteiger partial charge on any atom is 0.323 e. The number of nitrogens with zero attached hydrogens (tertiary/aromatic N) is 1. The van der Waals surface area contributed by atoms with E-state index in [2.05, 4.69) is 26.9 Å². The Bertz CT molecular complexity index is 482. The van der Waals surface area contributed by atoms with Crippen LogP contribution in [0, 0.1) is 0 Å². The quantitative estimate of drug-likeness (QED) is 0.785. The van der Waals surface area contributed by atoms with E-state index in [0.717, 1.165) is 30.4 Å². The van der Waals surface area contributed by atoms with Gasteiger partial charge in [-0.05, 0) is 51.8 Å². The minimum atomic E-state index is -0.418. The summed E-state index contributed by atoms with van der Waals surface area (Å²) in [6, 6.07) is 8.05. The van der Waals surface area contributed by atoms with Gasteiger partial charge in [0.15, 0.2) is 0 Å². The van der Waals surface area contributed by atoms with Gasteiger partial charge in [-0.1, -0.05) is 34.1 Å². The average Bonchev–Trinajstić information content (AvgIpc) is 2.78. The summed E-state index contributed by atoms with van der Waals surface area (Å²) in [5.74, 6) is -0.0953. The van der Waals surface area contributed by atoms with Gasteiger partial charge in [-0.15, -0.1) is 0 Å². The summed E-state index contributed by atoms with van der Waals surface area (Å²) in [7, 11) is 0. The second kappa shape index (κ2) is 6.27. The summed E-state index contributed by atoms with van der Waals surface area (Å²) in [5.41, 5.74) is 0.793. The number of carbonyl (C=O) groups is 1. The minimum Gasteiger partial charge on any atom is -0.459 e. The molecule has 1 fully saturated rings. The van der Waals surface area contributed by atoms with E-state index in [9.17, 15) is 4.79 Å². The number of benzene rings is 1. The first-order valence-corrected chi connectivity index (χ1v) is 7.86. The fraction of sp³-hybridized carbons (Fsp3) is 0.562. The number of carbonyl (C=O) groups excluding carboxylic acids is 1. The topological polar surface area (TPSA) is 29.5 Å². The smallest absolute Gasteiger partial charge is 0.323 e. The molecule has 1 atom stereocenters. The summed E-state index contributed by atoms with van der Waals surface area (Å²) in [5, 5.41) is 0. The molecule has 0 N–H and O–H groups in total. The lowest BCUT2D eigenvalue weighted by Crippen LogP contribution is -2.40. The van der Waals surface area contributed by atoms with Crippen molar-refractivity contribution in [1.82, 2.24) is 4.90 Å². The van der Waals surface area contributed by atoms with E-state index < -0.39 is 5.60 Å². The number of hydrogen-bond acceptors (Lipinski definition) is 3. The van der Waals surface area contributed by atoms with Gasteiger partial charge in [0.1, 0.15) is 11.6 Å². The Kier molecular flexibility index (Phi) is 4.86. The number of ether oxygens (including phenoxy) is 1. The average molecular weight is 340 g/mol. The van der Waals surface area contributed by atoms with Crippen molar-refractivity contribution in [1.29, 1.82) is 0 Å². The van der Waals surface area contributed by atoms with Gasteiger partial charge >= 0.3 is 5.97 Å². The number of hydrogen-bond donors (Lipinski definition) is 0. The lowest BCUT2D eigenvalue weighted by molar-refractivity contribution is -0.160. The molecule has 1 heterocycles. The van der Waals surface area contributed by atoms with Gasteiger partial charge in [0, 0.05) is 11.0 Å². The number of likely N-dealkylation sites (tertiary alicyclic amines) is 1. The molecule has 110 valence electrons. The third-order valence-electron chi connectivity index (χ3n) is 3.37. The third kappa shape index (κ3) is 4.06. The van der Waals surface area contributed by atoms with Crippen LogP contribution in [-0.4, -0.2) is 29.1 Å². The van der Waals surface area contributed by atoms with Crippen molar-refractivity contribution in [3.05, 3.63) is 34.3 Å². The highest BCUT2D eigenvalue weighted by molar-refractivity contribution is 9.10. The molecule has 1 aliphatic rings. The molecule has 3 nitrogen and oxygen atoms in total. The standard InChI is InChI=1S/C16H22BrNO2/c1-16(2,3)20-15(19)14-9-6-10-18(14)11-12-7-4-5-8-13(12)17/h4-5,7-8,14H,6,9-11H2,1-3H3/t14-/m1/s1. The molecule has 0 amide bonds. The van der Waals surface area contributed by atoms with Crippen LogP contribution in [0.1, 0.15) is 39.2 Å². The van der Waals surface area contributed by atoms with Gasteiger partial charge in [0.2, 0.25) is 0 Å². The van der Waals surface area contributed by atoms with E-state index in [-0.39, 0.29) is 12.0 Å². The van der Waals surface area contributed by atoms with E-state index in [1.165, 1.54) is 5.56 Å². The Balaban J connectivity index is 2.04. The zero-order valence-corrected chi connectivity index (χ0v) is 13.9. The van der Waals surface area contributed by atoms with E-state index >= 15 is 0 Å². The zero-order valence-electron chi connectivity index (χ0n) is 12.4. The summed E-state index contributed by atoms with van der Waals surface area (Å²) in [6.07, 6.45) is 1.94. The molecule has 0 saturated carbocycles. The molecular formula is C16H22BrNO2. The summed E-state index contributed by atoms with van der Waals surface area (Å²) in [6.45, 7) is 7.48. The second-order valence-corrected chi connectivity index (χ2v) is 7.11. The predicted molar refractivity (Wildman–Crippen MR) is 83.4 cm³/mol. The molecule has 0 aromatic heterocycles. The molecule has 0 aliphatic carbocycles. The van der Waals surface area contributed by atoms with Crippen LogP contribution in [0.3, 0.4) is 0 Å². The second-order valence-electron chi connectivity index (χ2n) is 6.25. The minimum absolute atomic E-state index is 0.0953. The normalized spacial score (nSPS) is 20.1. The van der Waals surface area contributed by atoms with Crippen molar-refractivity contribution in [2.75, 3.05) is 6.54 Å². The first-order chi connectivity index (χ1) is 9.37. The van der Waals surface area contributed by atoms with Crippen LogP contribution in [-0.2, 0) is 16.1 Å². The molecule has 0 unspecified atom stereocenters. The molecular weight excluding hydrogens is 318 g/mol. The summed E-state index contributed by atoms with van der Waals surface area (Å²) in [4.78, 5) is 14.5. The Morgan fingerprint density at radius 3 is 2.75 bits per heavy atom. The molecule has 0 bridgehead atoms. The maximum atomic E-state index is 12.3. The van der Waals surface area contributed by atoms with Crippen LogP contribution < -0.4 is 0 Å². The van der Waals surface area contributed by atoms with Crippen molar-refractivity contribution in [3.63, 3.8) is 0 Å². The highest BCUT2D eigenvalue weighted by Gasteiger charge is 2.34. The molecule has 1 aliphatic heterocycles. The van der Waals surface area contributed by atoms with Crippen LogP contribution in [0.25, 0.3) is 0 Å². The molecule has 0 radical (unpaired) electrons. The number of halogens is 1. The molecule has 20 heavy (non-hydrogen) atoms. The highest BCUT2D eigenvalue weighted by Crippen LogP contribution is 2.25. The van der Waals surface area contributed by atoms with Crippen LogP contribution in [0.15, 0.2) is 28.7 Å². The van der Waals surface area contributed by atoms with Crippen LogP contribution in [0.5, 0.6) is 0 Å². The Hall–Kier alpha value is -0.870. The number of rotatable bonds is 3. The van der Waals surface area contributed by atoms with E-state index in [0.29, 0.717) is 0 Å². The lowest BCUT2D eigenvalue weighted by atomic mass is 10.1. The third-order valence-corrected chi connectivity index (χ3v) is 4.15. The van der Waals surface area contributed by atoms with Gasteiger partial charge in [-0.3, -0.25) is 9.69 Å². The van der Waals surface area contributed by atoms with Crippen molar-refractivity contribution >= 4 is 21.9 Å². The van der Waals surface area contributed by atoms with Gasteiger partial charge in [0.25, 0.3) is 0 Å². The first kappa shape index (κ1) is 15.5. The maximum absolute atomic E-state index is 12.3. The van der Waals surface area contributed by atoms with Gasteiger partial charge in [-0.25, -0.2) is 0 Å². The van der Waals surface area contributed by atoms with Crippen LogP contribution >= 0.6 is 15.9 Å². The molecule has 4 heteroatoms. The van der Waals surface area contributed by atoms with Gasteiger partial charge < -0.3 is 4.74 Å². The predicted octanol–water partition coefficient (Wildman–Crippen LogP) is 3.76. The number of esters is 1. The lowest BCUT2D eigenvalue weighted by Gasteiger charge is -2.27. The Morgan fingerprint density at radius 2 is 2.10 bits per heavy atom. The van der Waals surface area contributed by atoms with E-state index in [1.807, 2.05) is 39.0 Å². The largest absolute Gasteiger partial charge is 0.459 e. The molecule has 0 spiro atoms. The molecule has 2 rings (SSSR count). The van der Waals surface area contributed by atoms with Gasteiger partial charge in [0.05, 0.1) is 0 Å². The molecule has 1 saturated heterocycles.